The van der Waals surface area contributed by atoms with Crippen molar-refractivity contribution in [3.63, 3.8) is 0 Å². The molecule has 11 heteroatoms. The van der Waals surface area contributed by atoms with Crippen molar-refractivity contribution in [2.45, 2.75) is 13.0 Å². The Morgan fingerprint density at radius 2 is 1.80 bits per heavy atom. The van der Waals surface area contributed by atoms with E-state index in [4.69, 9.17) is 37.3 Å². The minimum atomic E-state index is -1.09. The summed E-state index contributed by atoms with van der Waals surface area (Å²) in [6.07, 6.45) is 1.58. The van der Waals surface area contributed by atoms with Gasteiger partial charge in [-0.15, -0.1) is 0 Å². The number of hydrogen-bond acceptors (Lipinski definition) is 7. The number of carbonyl (C=O) groups excluding carboxylic acids is 1. The Morgan fingerprint density at radius 1 is 1.05 bits per heavy atom. The van der Waals surface area contributed by atoms with Crippen LogP contribution in [0.25, 0.3) is 23.1 Å². The lowest BCUT2D eigenvalue weighted by atomic mass is 9.93. The number of halogens is 2. The first kappa shape index (κ1) is 29.4. The molecule has 5 aromatic rings. The Labute approximate surface area is 264 Å². The number of carboxylic acids is 1. The largest absolute Gasteiger partial charge is 0.478 e. The highest BCUT2D eigenvalue weighted by atomic mass is 35.5. The number of aromatic carboxylic acids is 1. The van der Waals surface area contributed by atoms with Crippen molar-refractivity contribution in [2.75, 3.05) is 6.61 Å². The highest BCUT2D eigenvalue weighted by Gasteiger charge is 2.35. The Balaban J connectivity index is 1.54. The van der Waals surface area contributed by atoms with Crippen LogP contribution in [0.4, 0.5) is 0 Å². The molecule has 6 rings (SSSR count). The van der Waals surface area contributed by atoms with Gasteiger partial charge in [0, 0.05) is 22.2 Å². The van der Waals surface area contributed by atoms with E-state index in [0.717, 1.165) is 11.3 Å². The molecule has 0 saturated heterocycles. The van der Waals surface area contributed by atoms with E-state index in [-0.39, 0.29) is 23.3 Å². The summed E-state index contributed by atoms with van der Waals surface area (Å²) in [7, 11) is 0. The molecule has 0 amide bonds. The average molecular weight is 646 g/mol. The molecule has 1 N–H and O–H groups in total. The van der Waals surface area contributed by atoms with Crippen LogP contribution in [-0.2, 0) is 9.53 Å². The van der Waals surface area contributed by atoms with Gasteiger partial charge in [0.05, 0.1) is 39.0 Å². The van der Waals surface area contributed by atoms with E-state index in [0.29, 0.717) is 53.3 Å². The van der Waals surface area contributed by atoms with E-state index in [9.17, 15) is 19.5 Å². The third-order valence-corrected chi connectivity index (χ3v) is 8.50. The summed E-state index contributed by atoms with van der Waals surface area (Å²) >= 11 is 13.7. The van der Waals surface area contributed by atoms with E-state index in [1.54, 1.807) is 49.4 Å². The predicted molar refractivity (Wildman–Crippen MR) is 169 cm³/mol. The maximum atomic E-state index is 14.0. The fourth-order valence-corrected chi connectivity index (χ4v) is 6.27. The number of carboxylic acid groups (broad SMARTS) is 1. The topological polar surface area (TPSA) is 111 Å². The zero-order valence-electron chi connectivity index (χ0n) is 23.0. The van der Waals surface area contributed by atoms with E-state index in [2.05, 4.69) is 0 Å². The molecular formula is C33H22Cl2N2O6S. The summed E-state index contributed by atoms with van der Waals surface area (Å²) in [5, 5.41) is 10.2. The Kier molecular flexibility index (Phi) is 8.09. The molecule has 0 aliphatic carbocycles. The quantitative estimate of drug-likeness (QED) is 0.211. The third-order valence-electron chi connectivity index (χ3n) is 6.94. The van der Waals surface area contributed by atoms with Crippen molar-refractivity contribution in [3.8, 4) is 11.3 Å². The number of ether oxygens (including phenoxy) is 1. The minimum Gasteiger partial charge on any atom is -0.478 e. The number of carbonyl (C=O) groups is 2. The molecule has 1 aliphatic rings. The standard InChI is InChI=1S/C33H22Cl2N2O6S/c1-2-42-32(41)27-28(18-6-4-3-5-7-18)36-33-37(29(27)19-8-11-21(34)12-9-19)30(38)26(44-33)17-22-13-15-25(43-22)23-16-20(31(39)40)10-14-24(23)35/h3-17,29H,2H2,1H3,(H,39,40)/b26-17-/t29-/m0/s1. The molecule has 0 fully saturated rings. The summed E-state index contributed by atoms with van der Waals surface area (Å²) in [5.74, 6) is -0.992. The summed E-state index contributed by atoms with van der Waals surface area (Å²) in [4.78, 5) is 44.3. The molecular weight excluding hydrogens is 623 g/mol. The van der Waals surface area contributed by atoms with Crippen LogP contribution >= 0.6 is 34.5 Å². The first-order valence-corrected chi connectivity index (χ1v) is 15.0. The van der Waals surface area contributed by atoms with Crippen LogP contribution in [0, 0.1) is 0 Å². The summed E-state index contributed by atoms with van der Waals surface area (Å²) < 4.78 is 13.2. The Hall–Kier alpha value is -4.70. The maximum absolute atomic E-state index is 14.0. The zero-order chi connectivity index (χ0) is 31.0. The van der Waals surface area contributed by atoms with Crippen LogP contribution in [0.5, 0.6) is 0 Å². The average Bonchev–Trinajstić information content (AvgIpc) is 3.61. The number of aromatic nitrogens is 1. The second kappa shape index (κ2) is 12.1. The van der Waals surface area contributed by atoms with Crippen LogP contribution in [0.2, 0.25) is 10.0 Å². The number of furan rings is 1. The smallest absolute Gasteiger partial charge is 0.338 e. The lowest BCUT2D eigenvalue weighted by molar-refractivity contribution is -0.138. The van der Waals surface area contributed by atoms with E-state index in [1.165, 1.54) is 22.8 Å². The van der Waals surface area contributed by atoms with E-state index in [1.807, 2.05) is 30.3 Å². The van der Waals surface area contributed by atoms with E-state index >= 15 is 0 Å². The maximum Gasteiger partial charge on any atom is 0.338 e. The molecule has 1 aliphatic heterocycles. The van der Waals surface area contributed by atoms with Crippen LogP contribution < -0.4 is 14.9 Å². The van der Waals surface area contributed by atoms with Gasteiger partial charge in [-0.2, -0.15) is 0 Å². The van der Waals surface area contributed by atoms with Gasteiger partial charge < -0.3 is 14.3 Å². The molecule has 2 aromatic heterocycles. The zero-order valence-corrected chi connectivity index (χ0v) is 25.3. The van der Waals surface area contributed by atoms with Gasteiger partial charge >= 0.3 is 11.9 Å². The minimum absolute atomic E-state index is 0.0597. The van der Waals surface area contributed by atoms with Gasteiger partial charge in [0.2, 0.25) is 0 Å². The number of benzene rings is 3. The van der Waals surface area contributed by atoms with Crippen LogP contribution in [-0.4, -0.2) is 28.2 Å². The number of rotatable bonds is 7. The molecule has 0 unspecified atom stereocenters. The number of fused-ring (bicyclic) bond motifs is 1. The first-order chi connectivity index (χ1) is 21.2. The van der Waals surface area contributed by atoms with Crippen molar-refractivity contribution < 1.29 is 23.8 Å². The van der Waals surface area contributed by atoms with Gasteiger partial charge in [0.1, 0.15) is 11.5 Å². The fourth-order valence-electron chi connectivity index (χ4n) is 4.95. The van der Waals surface area contributed by atoms with Gasteiger partial charge in [0.15, 0.2) is 4.80 Å². The molecule has 8 nitrogen and oxygen atoms in total. The molecule has 220 valence electrons. The summed E-state index contributed by atoms with van der Waals surface area (Å²) in [6, 6.07) is 23.0. The molecule has 3 aromatic carbocycles. The van der Waals surface area contributed by atoms with Gasteiger partial charge in [-0.1, -0.05) is 77.0 Å². The van der Waals surface area contributed by atoms with Crippen molar-refractivity contribution in [1.29, 1.82) is 0 Å². The SMILES string of the molecule is CCOC(=O)C1=C(c2ccccc2)N=c2s/c(=C\c3ccc(-c4cc(C(=O)O)ccc4Cl)o3)c(=O)n2[C@H]1c1ccc(Cl)cc1. The highest BCUT2D eigenvalue weighted by Crippen LogP contribution is 2.36. The van der Waals surface area contributed by atoms with Crippen LogP contribution in [0.1, 0.15) is 40.2 Å². The highest BCUT2D eigenvalue weighted by molar-refractivity contribution is 7.07. The van der Waals surface area contributed by atoms with Gasteiger partial charge in [-0.25, -0.2) is 14.6 Å². The normalized spacial score (nSPS) is 14.7. The van der Waals surface area contributed by atoms with Crippen molar-refractivity contribution in [3.05, 3.63) is 143 Å². The molecule has 44 heavy (non-hydrogen) atoms. The summed E-state index contributed by atoms with van der Waals surface area (Å²) in [5.41, 5.74) is 2.07. The van der Waals surface area contributed by atoms with Crippen molar-refractivity contribution in [2.24, 2.45) is 4.99 Å². The number of hydrogen-bond donors (Lipinski definition) is 1. The number of nitrogens with zero attached hydrogens (tertiary/aromatic N) is 2. The van der Waals surface area contributed by atoms with Crippen molar-refractivity contribution >= 4 is 58.3 Å². The Bertz CT molecular complexity index is 2130. The molecule has 0 saturated carbocycles. The Morgan fingerprint density at radius 3 is 2.50 bits per heavy atom. The molecule has 1 atom stereocenters. The molecule has 0 bridgehead atoms. The molecule has 3 heterocycles. The van der Waals surface area contributed by atoms with Gasteiger partial charge in [-0.05, 0) is 55.0 Å². The third kappa shape index (κ3) is 5.53. The second-order valence-electron chi connectivity index (χ2n) is 9.68. The van der Waals surface area contributed by atoms with Crippen LogP contribution in [0.15, 0.2) is 105 Å². The number of esters is 1. The second-order valence-corrected chi connectivity index (χ2v) is 11.5. The monoisotopic (exact) mass is 644 g/mol. The summed E-state index contributed by atoms with van der Waals surface area (Å²) in [6.45, 7) is 1.86. The van der Waals surface area contributed by atoms with Gasteiger partial charge in [0.25, 0.3) is 5.56 Å². The van der Waals surface area contributed by atoms with E-state index < -0.39 is 18.0 Å². The van der Waals surface area contributed by atoms with Gasteiger partial charge in [-0.3, -0.25) is 9.36 Å². The lowest BCUT2D eigenvalue weighted by Crippen LogP contribution is -2.39. The fraction of sp³-hybridized carbons (Fsp3) is 0.0909. The molecule has 0 radical (unpaired) electrons. The number of thiazole rings is 1. The molecule has 0 spiro atoms. The first-order valence-electron chi connectivity index (χ1n) is 13.4. The van der Waals surface area contributed by atoms with Crippen LogP contribution in [0.3, 0.4) is 0 Å². The van der Waals surface area contributed by atoms with Crippen molar-refractivity contribution in [1.82, 2.24) is 4.57 Å². The lowest BCUT2D eigenvalue weighted by Gasteiger charge is -2.25. The predicted octanol–water partition coefficient (Wildman–Crippen LogP) is 6.20.